The summed E-state index contributed by atoms with van der Waals surface area (Å²) < 4.78 is 0. The second kappa shape index (κ2) is 18.1. The first-order chi connectivity index (χ1) is 25.0. The molecular formula is C40H47N5O7. The summed E-state index contributed by atoms with van der Waals surface area (Å²) in [6, 6.07) is 8.90. The number of fused-ring (bicyclic) bond motifs is 2. The lowest BCUT2D eigenvalue weighted by Crippen LogP contribution is -2.52. The summed E-state index contributed by atoms with van der Waals surface area (Å²) in [7, 11) is 1.49. The second-order valence-electron chi connectivity index (χ2n) is 12.9. The molecule has 1 fully saturated rings. The van der Waals surface area contributed by atoms with Crippen LogP contribution in [-0.2, 0) is 19.2 Å². The van der Waals surface area contributed by atoms with Gasteiger partial charge in [-0.3, -0.25) is 43.9 Å². The van der Waals surface area contributed by atoms with Crippen LogP contribution in [0, 0.1) is 17.8 Å². The summed E-state index contributed by atoms with van der Waals surface area (Å²) in [6.07, 6.45) is 6.42. The number of hydrogen-bond donors (Lipinski definition) is 3. The van der Waals surface area contributed by atoms with Gasteiger partial charge in [0, 0.05) is 55.4 Å². The minimum Gasteiger partial charge on any atom is -0.384 e. The Morgan fingerprint density at radius 1 is 0.962 bits per heavy atom. The molecule has 2 aromatic rings. The Morgan fingerprint density at radius 3 is 2.29 bits per heavy atom. The highest BCUT2D eigenvalue weighted by atomic mass is 16.2. The number of aldehydes is 1. The number of imide groups is 2. The number of benzene rings is 2. The molecule has 6 amide bonds. The molecule has 3 aliphatic heterocycles. The summed E-state index contributed by atoms with van der Waals surface area (Å²) in [6.45, 7) is 11.1. The molecule has 12 nitrogen and oxygen atoms in total. The van der Waals surface area contributed by atoms with Gasteiger partial charge in [0.2, 0.25) is 17.7 Å². The first-order valence-corrected chi connectivity index (χ1v) is 17.9. The normalized spacial score (nSPS) is 16.8. The molecule has 1 saturated heterocycles. The van der Waals surface area contributed by atoms with Crippen molar-refractivity contribution in [2.45, 2.75) is 90.6 Å². The first kappa shape index (κ1) is 39.2. The highest BCUT2D eigenvalue weighted by Crippen LogP contribution is 2.39. The van der Waals surface area contributed by atoms with Crippen LogP contribution in [0.4, 0.5) is 5.69 Å². The average molecular weight is 710 g/mol. The topological polar surface area (TPSA) is 162 Å². The van der Waals surface area contributed by atoms with Crippen molar-refractivity contribution in [2.75, 3.05) is 18.9 Å². The molecule has 0 bridgehead atoms. The van der Waals surface area contributed by atoms with E-state index < -0.39 is 29.8 Å². The average Bonchev–Trinajstić information content (AvgIpc) is 3.55. The van der Waals surface area contributed by atoms with E-state index >= 15 is 0 Å². The van der Waals surface area contributed by atoms with Crippen LogP contribution in [0.25, 0.3) is 5.70 Å². The van der Waals surface area contributed by atoms with Crippen LogP contribution in [0.15, 0.2) is 43.0 Å². The Kier molecular flexibility index (Phi) is 13.6. The molecule has 0 aliphatic carbocycles. The van der Waals surface area contributed by atoms with Gasteiger partial charge in [-0.1, -0.05) is 70.2 Å². The molecule has 12 heteroatoms. The van der Waals surface area contributed by atoms with E-state index in [0.717, 1.165) is 48.4 Å². The number of anilines is 1. The zero-order valence-corrected chi connectivity index (χ0v) is 30.3. The van der Waals surface area contributed by atoms with Crippen LogP contribution in [0.3, 0.4) is 0 Å². The number of nitrogens with one attached hydrogen (secondary N) is 3. The molecule has 0 aromatic heterocycles. The van der Waals surface area contributed by atoms with Gasteiger partial charge < -0.3 is 15.4 Å². The molecule has 2 unspecified atom stereocenters. The highest BCUT2D eigenvalue weighted by Gasteiger charge is 2.43. The Morgan fingerprint density at radius 2 is 1.65 bits per heavy atom. The first-order valence-electron chi connectivity index (χ1n) is 17.9. The van der Waals surface area contributed by atoms with Crippen LogP contribution in [0.1, 0.15) is 121 Å². The number of piperidine rings is 1. The number of rotatable bonds is 13. The summed E-state index contributed by atoms with van der Waals surface area (Å²) in [4.78, 5) is 87.3. The molecule has 2 aromatic carbocycles. The molecule has 274 valence electrons. The molecule has 0 radical (unpaired) electrons. The van der Waals surface area contributed by atoms with E-state index in [-0.39, 0.29) is 48.1 Å². The Labute approximate surface area is 304 Å². The van der Waals surface area contributed by atoms with Crippen molar-refractivity contribution in [3.63, 3.8) is 0 Å². The van der Waals surface area contributed by atoms with E-state index in [4.69, 9.17) is 0 Å². The van der Waals surface area contributed by atoms with E-state index in [0.29, 0.717) is 41.9 Å². The third kappa shape index (κ3) is 8.48. The Bertz CT molecular complexity index is 1820. The largest absolute Gasteiger partial charge is 0.384 e. The van der Waals surface area contributed by atoms with Gasteiger partial charge in [-0.25, -0.2) is 0 Å². The minimum atomic E-state index is -0.971. The zero-order chi connectivity index (χ0) is 37.9. The van der Waals surface area contributed by atoms with Crippen LogP contribution in [-0.4, -0.2) is 77.2 Å². The van der Waals surface area contributed by atoms with E-state index in [1.807, 2.05) is 25.1 Å². The number of carbonyl (C=O) groups excluding carboxylic acids is 7. The third-order valence-corrected chi connectivity index (χ3v) is 9.38. The second-order valence-corrected chi connectivity index (χ2v) is 12.9. The van der Waals surface area contributed by atoms with Crippen molar-refractivity contribution in [3.05, 3.63) is 70.8 Å². The van der Waals surface area contributed by atoms with Crippen LogP contribution in [0.5, 0.6) is 0 Å². The molecule has 2 atom stereocenters. The maximum absolute atomic E-state index is 13.2. The lowest BCUT2D eigenvalue weighted by atomic mass is 9.98. The quantitative estimate of drug-likeness (QED) is 0.153. The van der Waals surface area contributed by atoms with Crippen LogP contribution in [0.2, 0.25) is 0 Å². The van der Waals surface area contributed by atoms with Gasteiger partial charge in [-0.2, -0.15) is 0 Å². The Balaban J connectivity index is 0.000000236. The maximum Gasteiger partial charge on any atom is 0.263 e. The number of nitrogens with zero attached hydrogens (tertiary/aromatic N) is 2. The van der Waals surface area contributed by atoms with Crippen molar-refractivity contribution in [2.24, 2.45) is 5.92 Å². The highest BCUT2D eigenvalue weighted by molar-refractivity contribution is 6.23. The standard InChI is InChI=1S/C22H29N3O3.C18H18N2O4/c1-4-7-15(8-5-2)13-23-17-10-6-9-16-14(3)25(22(28)20(16)17)18-11-12-19(26)24-21(18)27;1-3-4-6-12-7-5-8-14-16(12)18(24)20(17(14)23)13(11-21)9-10-15(22)19-2/h6,9-10,15,18,23H,3-5,7-8,11-13H2,1-2H3,(H,24,26,27);5,7-8,11,13H,3,9-10H2,1-2H3,(H,19,22). The summed E-state index contributed by atoms with van der Waals surface area (Å²) in [5, 5.41) is 8.24. The maximum atomic E-state index is 13.2. The van der Waals surface area contributed by atoms with Gasteiger partial charge in [-0.15, -0.1) is 0 Å². The number of carbonyl (C=O) groups is 7. The van der Waals surface area contributed by atoms with Crippen molar-refractivity contribution in [1.82, 2.24) is 20.4 Å². The monoisotopic (exact) mass is 709 g/mol. The fourth-order valence-electron chi connectivity index (χ4n) is 6.78. The minimum absolute atomic E-state index is 0.0514. The van der Waals surface area contributed by atoms with Gasteiger partial charge in [0.25, 0.3) is 17.7 Å². The fraction of sp³-hybridized carbons (Fsp3) is 0.425. The third-order valence-electron chi connectivity index (χ3n) is 9.38. The number of amides is 6. The van der Waals surface area contributed by atoms with Gasteiger partial charge in [0.05, 0.1) is 22.7 Å². The smallest absolute Gasteiger partial charge is 0.263 e. The van der Waals surface area contributed by atoms with E-state index in [2.05, 4.69) is 48.2 Å². The van der Waals surface area contributed by atoms with Gasteiger partial charge in [0.1, 0.15) is 12.3 Å². The fourth-order valence-corrected chi connectivity index (χ4v) is 6.78. The van der Waals surface area contributed by atoms with Gasteiger partial charge in [0.15, 0.2) is 0 Å². The van der Waals surface area contributed by atoms with E-state index in [1.165, 1.54) is 11.9 Å². The Hall–Kier alpha value is -5.57. The summed E-state index contributed by atoms with van der Waals surface area (Å²) in [5.41, 5.74) is 3.59. The van der Waals surface area contributed by atoms with E-state index in [1.54, 1.807) is 18.2 Å². The molecule has 0 spiro atoms. The molecule has 52 heavy (non-hydrogen) atoms. The predicted molar refractivity (Wildman–Crippen MR) is 197 cm³/mol. The molecule has 3 N–H and O–H groups in total. The van der Waals surface area contributed by atoms with Gasteiger partial charge in [-0.05, 0) is 49.8 Å². The van der Waals surface area contributed by atoms with Crippen molar-refractivity contribution in [3.8, 4) is 11.8 Å². The van der Waals surface area contributed by atoms with Crippen molar-refractivity contribution < 1.29 is 33.6 Å². The predicted octanol–water partition coefficient (Wildman–Crippen LogP) is 4.68. The molecule has 3 heterocycles. The zero-order valence-electron chi connectivity index (χ0n) is 30.3. The van der Waals surface area contributed by atoms with Crippen LogP contribution < -0.4 is 16.0 Å². The lowest BCUT2D eigenvalue weighted by Gasteiger charge is -2.30. The molecule has 0 saturated carbocycles. The van der Waals surface area contributed by atoms with Crippen molar-refractivity contribution in [1.29, 1.82) is 0 Å². The lowest BCUT2D eigenvalue weighted by molar-refractivity contribution is -0.136. The van der Waals surface area contributed by atoms with Crippen molar-refractivity contribution >= 4 is 53.1 Å². The molecule has 3 aliphatic rings. The van der Waals surface area contributed by atoms with Crippen LogP contribution >= 0.6 is 0 Å². The number of hydrogen-bond acceptors (Lipinski definition) is 8. The summed E-state index contributed by atoms with van der Waals surface area (Å²) >= 11 is 0. The SMILES string of the molecule is C=C1c2cccc(NCC(CCC)CCC)c2C(=O)N1C1CCC(=O)NC1=O.CCC#Cc1cccc2c1C(=O)N(C(C=O)CCC(=O)NC)C2=O. The van der Waals surface area contributed by atoms with Gasteiger partial charge >= 0.3 is 0 Å². The van der Waals surface area contributed by atoms with E-state index in [9.17, 15) is 33.6 Å². The molecular weight excluding hydrogens is 662 g/mol. The molecule has 5 rings (SSSR count). The summed E-state index contributed by atoms with van der Waals surface area (Å²) in [5.74, 6) is 4.06.